The molecule has 1 aromatic rings. The number of methoxy groups -OCH3 is 1. The van der Waals surface area contributed by atoms with Crippen LogP contribution in [0.3, 0.4) is 0 Å². The van der Waals surface area contributed by atoms with Crippen LogP contribution in [0.5, 0.6) is 5.75 Å². The molecule has 1 saturated heterocycles. The van der Waals surface area contributed by atoms with Gasteiger partial charge in [-0.3, -0.25) is 4.90 Å². The quantitative estimate of drug-likeness (QED) is 0.903. The first kappa shape index (κ1) is 12.9. The van der Waals surface area contributed by atoms with Crippen LogP contribution in [0.25, 0.3) is 0 Å². The maximum absolute atomic E-state index is 13.6. The van der Waals surface area contributed by atoms with E-state index in [1.54, 1.807) is 6.07 Å². The van der Waals surface area contributed by atoms with Gasteiger partial charge in [-0.15, -0.1) is 0 Å². The maximum atomic E-state index is 13.6. The average molecular weight is 265 g/mol. The zero-order valence-electron chi connectivity index (χ0n) is 11.2. The van der Waals surface area contributed by atoms with Crippen LogP contribution in [0.4, 0.5) is 4.39 Å². The molecule has 19 heavy (non-hydrogen) atoms. The highest BCUT2D eigenvalue weighted by Gasteiger charge is 2.41. The number of halogens is 1. The van der Waals surface area contributed by atoms with Gasteiger partial charge in [0.2, 0.25) is 0 Å². The molecule has 1 atom stereocenters. The van der Waals surface area contributed by atoms with Gasteiger partial charge in [-0.1, -0.05) is 6.07 Å². The Morgan fingerprint density at radius 2 is 2.26 bits per heavy atom. The SMILES string of the molecule is COc1ccc(CC2(O)CCN(C3CC3)C2)cc1F. The minimum atomic E-state index is -0.705. The lowest BCUT2D eigenvalue weighted by Crippen LogP contribution is -2.36. The standard InChI is InChI=1S/C15H20FNO2/c1-19-14-5-2-11(8-13(14)16)9-15(18)6-7-17(10-15)12-3-4-12/h2,5,8,12,18H,3-4,6-7,9-10H2,1H3. The van der Waals surface area contributed by atoms with Crippen LogP contribution in [0.2, 0.25) is 0 Å². The van der Waals surface area contributed by atoms with Crippen LogP contribution in [0, 0.1) is 5.82 Å². The molecule has 1 saturated carbocycles. The molecule has 2 fully saturated rings. The Morgan fingerprint density at radius 3 is 2.89 bits per heavy atom. The summed E-state index contributed by atoms with van der Waals surface area (Å²) in [7, 11) is 1.45. The van der Waals surface area contributed by atoms with Crippen molar-refractivity contribution in [2.24, 2.45) is 0 Å². The molecule has 1 aromatic carbocycles. The van der Waals surface area contributed by atoms with Crippen LogP contribution in [-0.2, 0) is 6.42 Å². The highest BCUT2D eigenvalue weighted by atomic mass is 19.1. The molecule has 2 aliphatic rings. The molecule has 1 heterocycles. The summed E-state index contributed by atoms with van der Waals surface area (Å²) in [6, 6.07) is 5.61. The number of hydrogen-bond acceptors (Lipinski definition) is 3. The van der Waals surface area contributed by atoms with Crippen LogP contribution in [0.1, 0.15) is 24.8 Å². The fourth-order valence-corrected chi connectivity index (χ4v) is 2.98. The maximum Gasteiger partial charge on any atom is 0.165 e. The van der Waals surface area contributed by atoms with Gasteiger partial charge in [0.05, 0.1) is 12.7 Å². The normalized spacial score (nSPS) is 27.7. The highest BCUT2D eigenvalue weighted by molar-refractivity contribution is 5.30. The van der Waals surface area contributed by atoms with Crippen molar-refractivity contribution < 1.29 is 14.2 Å². The van der Waals surface area contributed by atoms with E-state index < -0.39 is 5.60 Å². The van der Waals surface area contributed by atoms with Crippen LogP contribution in [0.15, 0.2) is 18.2 Å². The Morgan fingerprint density at radius 1 is 1.47 bits per heavy atom. The van der Waals surface area contributed by atoms with Crippen molar-refractivity contribution >= 4 is 0 Å². The third kappa shape index (κ3) is 2.74. The first-order valence-electron chi connectivity index (χ1n) is 6.88. The molecule has 1 aliphatic heterocycles. The molecule has 1 aliphatic carbocycles. The molecular weight excluding hydrogens is 245 g/mol. The number of hydrogen-bond donors (Lipinski definition) is 1. The van der Waals surface area contributed by atoms with Gasteiger partial charge in [0.15, 0.2) is 11.6 Å². The van der Waals surface area contributed by atoms with Crippen LogP contribution >= 0.6 is 0 Å². The van der Waals surface area contributed by atoms with Gasteiger partial charge in [-0.2, -0.15) is 0 Å². The van der Waals surface area contributed by atoms with E-state index in [1.165, 1.54) is 26.0 Å². The topological polar surface area (TPSA) is 32.7 Å². The van der Waals surface area contributed by atoms with E-state index in [0.717, 1.165) is 18.5 Å². The average Bonchev–Trinajstić information content (AvgIpc) is 3.14. The van der Waals surface area contributed by atoms with Crippen molar-refractivity contribution in [1.82, 2.24) is 4.90 Å². The predicted octanol–water partition coefficient (Wildman–Crippen LogP) is 1.98. The van der Waals surface area contributed by atoms with Gasteiger partial charge in [0, 0.05) is 25.6 Å². The predicted molar refractivity (Wildman–Crippen MR) is 70.8 cm³/mol. The molecule has 0 aromatic heterocycles. The zero-order valence-corrected chi connectivity index (χ0v) is 11.2. The molecule has 3 nitrogen and oxygen atoms in total. The van der Waals surface area contributed by atoms with Gasteiger partial charge in [-0.25, -0.2) is 4.39 Å². The third-order valence-corrected chi connectivity index (χ3v) is 4.17. The van der Waals surface area contributed by atoms with E-state index >= 15 is 0 Å². The number of benzene rings is 1. The summed E-state index contributed by atoms with van der Waals surface area (Å²) in [4.78, 5) is 2.36. The number of rotatable bonds is 4. The molecule has 0 amide bonds. The molecule has 3 rings (SSSR count). The molecule has 104 valence electrons. The van der Waals surface area contributed by atoms with Crippen molar-refractivity contribution in [3.8, 4) is 5.75 Å². The fourth-order valence-electron chi connectivity index (χ4n) is 2.98. The first-order valence-corrected chi connectivity index (χ1v) is 6.88. The number of β-amino-alcohol motifs (C(OH)–C–C–N with tert-alkyl or cyclic N) is 1. The molecule has 4 heteroatoms. The Balaban J connectivity index is 1.68. The van der Waals surface area contributed by atoms with E-state index in [9.17, 15) is 9.50 Å². The summed E-state index contributed by atoms with van der Waals surface area (Å²) in [5.74, 6) is -0.109. The number of aliphatic hydroxyl groups is 1. The second kappa shape index (κ2) is 4.76. The summed E-state index contributed by atoms with van der Waals surface area (Å²) in [5, 5.41) is 10.6. The van der Waals surface area contributed by atoms with Crippen molar-refractivity contribution in [3.63, 3.8) is 0 Å². The van der Waals surface area contributed by atoms with Gasteiger partial charge in [0.25, 0.3) is 0 Å². The molecule has 0 spiro atoms. The Kier molecular flexibility index (Phi) is 3.23. The molecule has 1 N–H and O–H groups in total. The van der Waals surface area contributed by atoms with Crippen molar-refractivity contribution in [2.45, 2.75) is 37.3 Å². The lowest BCUT2D eigenvalue weighted by Gasteiger charge is -2.23. The van der Waals surface area contributed by atoms with E-state index in [1.807, 2.05) is 6.07 Å². The highest BCUT2D eigenvalue weighted by Crippen LogP contribution is 2.35. The smallest absolute Gasteiger partial charge is 0.165 e. The number of nitrogens with zero attached hydrogens (tertiary/aromatic N) is 1. The van der Waals surface area contributed by atoms with E-state index in [4.69, 9.17) is 4.74 Å². The third-order valence-electron chi connectivity index (χ3n) is 4.17. The monoisotopic (exact) mass is 265 g/mol. The largest absolute Gasteiger partial charge is 0.494 e. The van der Waals surface area contributed by atoms with Gasteiger partial charge >= 0.3 is 0 Å². The van der Waals surface area contributed by atoms with Crippen molar-refractivity contribution in [2.75, 3.05) is 20.2 Å². The second-order valence-corrected chi connectivity index (χ2v) is 5.82. The van der Waals surface area contributed by atoms with Gasteiger partial charge < -0.3 is 9.84 Å². The van der Waals surface area contributed by atoms with E-state index in [0.29, 0.717) is 19.0 Å². The number of ether oxygens (including phenoxy) is 1. The first-order chi connectivity index (χ1) is 9.09. The molecular formula is C15H20FNO2. The summed E-state index contributed by atoms with van der Waals surface area (Å²) >= 11 is 0. The van der Waals surface area contributed by atoms with Gasteiger partial charge in [-0.05, 0) is 37.0 Å². The van der Waals surface area contributed by atoms with Crippen LogP contribution in [-0.4, -0.2) is 41.8 Å². The van der Waals surface area contributed by atoms with Crippen molar-refractivity contribution in [1.29, 1.82) is 0 Å². The lowest BCUT2D eigenvalue weighted by atomic mass is 9.93. The molecule has 0 bridgehead atoms. The zero-order chi connectivity index (χ0) is 13.5. The molecule has 0 radical (unpaired) electrons. The number of likely N-dealkylation sites (tertiary alicyclic amines) is 1. The van der Waals surface area contributed by atoms with Crippen LogP contribution < -0.4 is 4.74 Å². The van der Waals surface area contributed by atoms with Gasteiger partial charge in [0.1, 0.15) is 0 Å². The Labute approximate surface area is 113 Å². The Bertz CT molecular complexity index is 475. The summed E-state index contributed by atoms with van der Waals surface area (Å²) in [6.07, 6.45) is 3.80. The minimum Gasteiger partial charge on any atom is -0.494 e. The van der Waals surface area contributed by atoms with E-state index in [2.05, 4.69) is 4.90 Å². The van der Waals surface area contributed by atoms with Crippen molar-refractivity contribution in [3.05, 3.63) is 29.6 Å². The second-order valence-electron chi connectivity index (χ2n) is 5.82. The summed E-state index contributed by atoms with van der Waals surface area (Å²) in [5.41, 5.74) is 0.127. The minimum absolute atomic E-state index is 0.252. The summed E-state index contributed by atoms with van der Waals surface area (Å²) in [6.45, 7) is 1.67. The molecule has 1 unspecified atom stereocenters. The Hall–Kier alpha value is -1.13. The van der Waals surface area contributed by atoms with E-state index in [-0.39, 0.29) is 11.6 Å². The lowest BCUT2D eigenvalue weighted by molar-refractivity contribution is 0.0486. The fraction of sp³-hybridized carbons (Fsp3) is 0.600. The summed E-state index contributed by atoms with van der Waals surface area (Å²) < 4.78 is 18.6.